The molecule has 0 radical (unpaired) electrons. The number of hydrogen-bond donors (Lipinski definition) is 0. The summed E-state index contributed by atoms with van der Waals surface area (Å²) in [7, 11) is 2.98. The fourth-order valence-electron chi connectivity index (χ4n) is 2.40. The molecule has 122 valence electrons. The van der Waals surface area contributed by atoms with Gasteiger partial charge >= 0.3 is 5.97 Å². The number of rotatable bonds is 7. The zero-order chi connectivity index (χ0) is 16.7. The number of benzene rings is 2. The summed E-state index contributed by atoms with van der Waals surface area (Å²) in [5.41, 5.74) is 0.972. The van der Waals surface area contributed by atoms with E-state index in [2.05, 4.69) is 0 Å². The third-order valence-corrected chi connectivity index (χ3v) is 3.85. The highest BCUT2D eigenvalue weighted by molar-refractivity contribution is 5.83. The summed E-state index contributed by atoms with van der Waals surface area (Å²) in [6, 6.07) is 17.3. The molecule has 0 aromatic heterocycles. The molecular weight excluding hydrogens is 292 g/mol. The molecule has 0 saturated carbocycles. The molecule has 0 unspecified atom stereocenters. The van der Waals surface area contributed by atoms with Gasteiger partial charge in [0.1, 0.15) is 11.2 Å². The minimum Gasteiger partial charge on any atom is -0.497 e. The molecule has 2 aromatic carbocycles. The van der Waals surface area contributed by atoms with Crippen LogP contribution in [0.5, 0.6) is 5.75 Å². The first kappa shape index (κ1) is 17.0. The summed E-state index contributed by atoms with van der Waals surface area (Å²) < 4.78 is 16.0. The van der Waals surface area contributed by atoms with E-state index in [1.54, 1.807) is 7.11 Å². The molecular formula is C19H22O4. The van der Waals surface area contributed by atoms with Gasteiger partial charge in [-0.25, -0.2) is 0 Å². The van der Waals surface area contributed by atoms with Crippen LogP contribution in [0.15, 0.2) is 54.6 Å². The highest BCUT2D eigenvalue weighted by Gasteiger charge is 2.37. The van der Waals surface area contributed by atoms with Gasteiger partial charge in [0, 0.05) is 0 Å². The molecule has 0 saturated heterocycles. The molecule has 0 aliphatic rings. The predicted molar refractivity (Wildman–Crippen MR) is 88.5 cm³/mol. The summed E-state index contributed by atoms with van der Waals surface area (Å²) in [5.74, 6) is 0.361. The van der Waals surface area contributed by atoms with Gasteiger partial charge in [-0.15, -0.1) is 0 Å². The standard InChI is InChI=1S/C19H22O4/c1-19(18(20)22-3,16-10-7-11-17(12-16)21-2)14-23-13-15-8-5-4-6-9-15/h4-12H,13-14H2,1-3H3/t19-/m0/s1. The molecule has 4 nitrogen and oxygen atoms in total. The number of ether oxygens (including phenoxy) is 3. The summed E-state index contributed by atoms with van der Waals surface area (Å²) >= 11 is 0. The molecule has 0 N–H and O–H groups in total. The second-order valence-electron chi connectivity index (χ2n) is 5.53. The lowest BCUT2D eigenvalue weighted by molar-refractivity contribution is -0.149. The van der Waals surface area contributed by atoms with E-state index in [-0.39, 0.29) is 12.6 Å². The quantitative estimate of drug-likeness (QED) is 0.735. The average Bonchev–Trinajstić information content (AvgIpc) is 2.61. The predicted octanol–water partition coefficient (Wildman–Crippen LogP) is 3.34. The summed E-state index contributed by atoms with van der Waals surface area (Å²) in [6.45, 7) is 2.48. The largest absolute Gasteiger partial charge is 0.497 e. The second kappa shape index (κ2) is 7.79. The third-order valence-electron chi connectivity index (χ3n) is 3.85. The van der Waals surface area contributed by atoms with E-state index < -0.39 is 5.41 Å². The fraction of sp³-hybridized carbons (Fsp3) is 0.316. The van der Waals surface area contributed by atoms with Crippen LogP contribution in [0.25, 0.3) is 0 Å². The molecule has 0 aliphatic carbocycles. The van der Waals surface area contributed by atoms with E-state index in [1.165, 1.54) is 7.11 Å². The minimum atomic E-state index is -0.891. The van der Waals surface area contributed by atoms with Crippen molar-refractivity contribution in [3.8, 4) is 5.75 Å². The van der Waals surface area contributed by atoms with Crippen LogP contribution >= 0.6 is 0 Å². The van der Waals surface area contributed by atoms with E-state index in [0.29, 0.717) is 12.4 Å². The monoisotopic (exact) mass is 314 g/mol. The molecule has 0 amide bonds. The van der Waals surface area contributed by atoms with E-state index in [1.807, 2.05) is 61.5 Å². The van der Waals surface area contributed by atoms with Crippen LogP contribution in [0.2, 0.25) is 0 Å². The molecule has 0 aliphatic heterocycles. The van der Waals surface area contributed by atoms with Gasteiger partial charge < -0.3 is 14.2 Å². The van der Waals surface area contributed by atoms with Crippen molar-refractivity contribution in [3.63, 3.8) is 0 Å². The van der Waals surface area contributed by atoms with Crippen molar-refractivity contribution < 1.29 is 19.0 Å². The van der Waals surface area contributed by atoms with E-state index in [9.17, 15) is 4.79 Å². The molecule has 2 rings (SSSR count). The first-order chi connectivity index (χ1) is 11.1. The van der Waals surface area contributed by atoms with Gasteiger partial charge in [0.2, 0.25) is 0 Å². The highest BCUT2D eigenvalue weighted by atomic mass is 16.5. The molecule has 2 aromatic rings. The maximum atomic E-state index is 12.3. The summed E-state index contributed by atoms with van der Waals surface area (Å²) in [5, 5.41) is 0. The van der Waals surface area contributed by atoms with Crippen LogP contribution in [0.3, 0.4) is 0 Å². The number of carbonyl (C=O) groups excluding carboxylic acids is 1. The number of methoxy groups -OCH3 is 2. The number of hydrogen-bond acceptors (Lipinski definition) is 4. The van der Waals surface area contributed by atoms with Crippen LogP contribution in [-0.2, 0) is 26.3 Å². The van der Waals surface area contributed by atoms with Gasteiger partial charge in [-0.1, -0.05) is 42.5 Å². The Labute approximate surface area is 137 Å². The first-order valence-electron chi connectivity index (χ1n) is 7.45. The van der Waals surface area contributed by atoms with Gasteiger partial charge in [0.15, 0.2) is 0 Å². The van der Waals surface area contributed by atoms with Crippen LogP contribution in [0.1, 0.15) is 18.1 Å². The summed E-state index contributed by atoms with van der Waals surface area (Å²) in [6.07, 6.45) is 0. The van der Waals surface area contributed by atoms with Crippen molar-refractivity contribution in [2.45, 2.75) is 18.9 Å². The van der Waals surface area contributed by atoms with Crippen LogP contribution in [0, 0.1) is 0 Å². The Morgan fingerprint density at radius 2 is 1.78 bits per heavy atom. The Morgan fingerprint density at radius 3 is 2.43 bits per heavy atom. The van der Waals surface area contributed by atoms with Gasteiger partial charge in [0.25, 0.3) is 0 Å². The van der Waals surface area contributed by atoms with Gasteiger partial charge in [-0.3, -0.25) is 4.79 Å². The second-order valence-corrected chi connectivity index (χ2v) is 5.53. The van der Waals surface area contributed by atoms with Gasteiger partial charge in [0.05, 0.1) is 27.4 Å². The molecule has 1 atom stereocenters. The number of carbonyl (C=O) groups is 1. The molecule has 23 heavy (non-hydrogen) atoms. The van der Waals surface area contributed by atoms with Crippen LogP contribution in [-0.4, -0.2) is 26.8 Å². The third kappa shape index (κ3) is 4.11. The lowest BCUT2D eigenvalue weighted by atomic mass is 9.83. The smallest absolute Gasteiger partial charge is 0.318 e. The molecule has 4 heteroatoms. The van der Waals surface area contributed by atoms with Gasteiger partial charge in [-0.2, -0.15) is 0 Å². The minimum absolute atomic E-state index is 0.224. The van der Waals surface area contributed by atoms with E-state index in [4.69, 9.17) is 14.2 Å². The van der Waals surface area contributed by atoms with Crippen molar-refractivity contribution in [1.82, 2.24) is 0 Å². The lowest BCUT2D eigenvalue weighted by Gasteiger charge is -2.27. The van der Waals surface area contributed by atoms with Gasteiger partial charge in [-0.05, 0) is 30.2 Å². The van der Waals surface area contributed by atoms with E-state index in [0.717, 1.165) is 11.1 Å². The Kier molecular flexibility index (Phi) is 5.77. The molecule has 0 fully saturated rings. The fourth-order valence-corrected chi connectivity index (χ4v) is 2.40. The zero-order valence-electron chi connectivity index (χ0n) is 13.7. The Bertz CT molecular complexity index is 639. The Hall–Kier alpha value is -2.33. The normalized spacial score (nSPS) is 13.2. The van der Waals surface area contributed by atoms with Crippen LogP contribution in [0.4, 0.5) is 0 Å². The first-order valence-corrected chi connectivity index (χ1v) is 7.45. The molecule has 0 heterocycles. The topological polar surface area (TPSA) is 44.8 Å². The average molecular weight is 314 g/mol. The SMILES string of the molecule is COC(=O)[C@@](C)(COCc1ccccc1)c1cccc(OC)c1. The maximum absolute atomic E-state index is 12.3. The van der Waals surface area contributed by atoms with Crippen molar-refractivity contribution in [2.24, 2.45) is 0 Å². The molecule has 0 bridgehead atoms. The van der Waals surface area contributed by atoms with E-state index >= 15 is 0 Å². The van der Waals surface area contributed by atoms with Crippen LogP contribution < -0.4 is 4.74 Å². The highest BCUT2D eigenvalue weighted by Crippen LogP contribution is 2.29. The van der Waals surface area contributed by atoms with Crippen molar-refractivity contribution in [3.05, 3.63) is 65.7 Å². The Morgan fingerprint density at radius 1 is 1.04 bits per heavy atom. The summed E-state index contributed by atoms with van der Waals surface area (Å²) in [4.78, 5) is 12.3. The number of esters is 1. The van der Waals surface area contributed by atoms with Crippen molar-refractivity contribution in [1.29, 1.82) is 0 Å². The maximum Gasteiger partial charge on any atom is 0.318 e. The zero-order valence-corrected chi connectivity index (χ0v) is 13.7. The Balaban J connectivity index is 2.16. The molecule has 0 spiro atoms. The van der Waals surface area contributed by atoms with Crippen molar-refractivity contribution in [2.75, 3.05) is 20.8 Å². The lowest BCUT2D eigenvalue weighted by Crippen LogP contribution is -2.38. The van der Waals surface area contributed by atoms with Crippen molar-refractivity contribution >= 4 is 5.97 Å².